The van der Waals surface area contributed by atoms with Crippen LogP contribution in [0.4, 0.5) is 4.39 Å². The van der Waals surface area contributed by atoms with Gasteiger partial charge in [-0.3, -0.25) is 4.79 Å². The molecule has 1 aromatic carbocycles. The van der Waals surface area contributed by atoms with Crippen molar-refractivity contribution < 1.29 is 14.3 Å². The summed E-state index contributed by atoms with van der Waals surface area (Å²) in [7, 11) is 2.12. The Morgan fingerprint density at radius 2 is 2.15 bits per heavy atom. The van der Waals surface area contributed by atoms with E-state index in [2.05, 4.69) is 17.3 Å². The van der Waals surface area contributed by atoms with Gasteiger partial charge in [-0.1, -0.05) is 0 Å². The molecule has 0 aliphatic carbocycles. The molecule has 0 aromatic heterocycles. The van der Waals surface area contributed by atoms with Crippen LogP contribution in [-0.4, -0.2) is 42.6 Å². The Kier molecular flexibility index (Phi) is 4.95. The number of amides is 1. The molecule has 2 N–H and O–H groups in total. The number of likely N-dealkylation sites (tertiary alicyclic amines) is 1. The van der Waals surface area contributed by atoms with Crippen molar-refractivity contribution in [2.75, 3.05) is 26.7 Å². The molecule has 0 unspecified atom stereocenters. The molecule has 0 atom stereocenters. The standard InChI is InChI=1S/C15H21FN2O2/c1-18-8-5-11(6-9-18)4-7-17-15(20)13-10-12(16)2-3-14(13)19/h2-3,10-11,19H,4-9H2,1H3,(H,17,20). The maximum Gasteiger partial charge on any atom is 0.255 e. The third-order valence-electron chi connectivity index (χ3n) is 3.88. The van der Waals surface area contributed by atoms with Crippen molar-refractivity contribution in [3.05, 3.63) is 29.6 Å². The number of phenols is 1. The van der Waals surface area contributed by atoms with Gasteiger partial charge in [-0.15, -0.1) is 0 Å². The van der Waals surface area contributed by atoms with Crippen LogP contribution in [0, 0.1) is 11.7 Å². The smallest absolute Gasteiger partial charge is 0.255 e. The van der Waals surface area contributed by atoms with E-state index in [9.17, 15) is 14.3 Å². The predicted molar refractivity (Wildman–Crippen MR) is 75.2 cm³/mol. The number of piperidine rings is 1. The van der Waals surface area contributed by atoms with Crippen LogP contribution in [0.1, 0.15) is 29.6 Å². The second-order valence-corrected chi connectivity index (χ2v) is 5.45. The number of hydrogen-bond donors (Lipinski definition) is 2. The third-order valence-corrected chi connectivity index (χ3v) is 3.88. The number of rotatable bonds is 4. The van der Waals surface area contributed by atoms with Gasteiger partial charge in [0, 0.05) is 6.54 Å². The lowest BCUT2D eigenvalue weighted by molar-refractivity contribution is 0.0945. The van der Waals surface area contributed by atoms with E-state index in [0.29, 0.717) is 12.5 Å². The Morgan fingerprint density at radius 1 is 1.45 bits per heavy atom. The SMILES string of the molecule is CN1CCC(CCNC(=O)c2cc(F)ccc2O)CC1. The van der Waals surface area contributed by atoms with Crippen LogP contribution in [0.2, 0.25) is 0 Å². The number of carbonyl (C=O) groups is 1. The molecule has 2 rings (SSSR count). The van der Waals surface area contributed by atoms with Gasteiger partial charge in [-0.25, -0.2) is 4.39 Å². The monoisotopic (exact) mass is 280 g/mol. The normalized spacial score (nSPS) is 17.1. The highest BCUT2D eigenvalue weighted by Gasteiger charge is 2.17. The highest BCUT2D eigenvalue weighted by atomic mass is 19.1. The zero-order valence-corrected chi connectivity index (χ0v) is 11.7. The Labute approximate surface area is 118 Å². The summed E-state index contributed by atoms with van der Waals surface area (Å²) in [5.74, 6) is -0.506. The molecule has 0 saturated carbocycles. The molecule has 1 aliphatic heterocycles. The molecule has 1 saturated heterocycles. The fraction of sp³-hybridized carbons (Fsp3) is 0.533. The van der Waals surface area contributed by atoms with Gasteiger partial charge in [0.2, 0.25) is 0 Å². The number of benzene rings is 1. The maximum absolute atomic E-state index is 13.1. The molecule has 0 spiro atoms. The largest absolute Gasteiger partial charge is 0.507 e. The molecule has 20 heavy (non-hydrogen) atoms. The van der Waals surface area contributed by atoms with E-state index >= 15 is 0 Å². The van der Waals surface area contributed by atoms with E-state index in [0.717, 1.165) is 44.5 Å². The molecule has 110 valence electrons. The minimum atomic E-state index is -0.525. The summed E-state index contributed by atoms with van der Waals surface area (Å²) in [4.78, 5) is 14.2. The minimum Gasteiger partial charge on any atom is -0.507 e. The maximum atomic E-state index is 13.1. The van der Waals surface area contributed by atoms with Gasteiger partial charge in [0.05, 0.1) is 5.56 Å². The number of carbonyl (C=O) groups excluding carboxylic acids is 1. The lowest BCUT2D eigenvalue weighted by Crippen LogP contribution is -2.32. The van der Waals surface area contributed by atoms with Gasteiger partial charge >= 0.3 is 0 Å². The van der Waals surface area contributed by atoms with Crippen LogP contribution in [0.3, 0.4) is 0 Å². The topological polar surface area (TPSA) is 52.6 Å². The number of phenolic OH excluding ortho intramolecular Hbond substituents is 1. The highest BCUT2D eigenvalue weighted by molar-refractivity contribution is 5.96. The zero-order chi connectivity index (χ0) is 14.5. The first kappa shape index (κ1) is 14.8. The highest BCUT2D eigenvalue weighted by Crippen LogP contribution is 2.20. The second-order valence-electron chi connectivity index (χ2n) is 5.45. The fourth-order valence-corrected chi connectivity index (χ4v) is 2.53. The van der Waals surface area contributed by atoms with E-state index in [-0.39, 0.29) is 11.3 Å². The van der Waals surface area contributed by atoms with Gasteiger partial charge in [0.1, 0.15) is 11.6 Å². The van der Waals surface area contributed by atoms with Crippen molar-refractivity contribution in [1.29, 1.82) is 0 Å². The van der Waals surface area contributed by atoms with E-state index < -0.39 is 11.7 Å². The molecule has 0 bridgehead atoms. The van der Waals surface area contributed by atoms with Crippen molar-refractivity contribution in [2.24, 2.45) is 5.92 Å². The molecule has 4 nitrogen and oxygen atoms in total. The van der Waals surface area contributed by atoms with E-state index in [1.807, 2.05) is 0 Å². The average Bonchev–Trinajstić information content (AvgIpc) is 2.43. The summed E-state index contributed by atoms with van der Waals surface area (Å²) in [5.41, 5.74) is -0.00613. The molecule has 5 heteroatoms. The molecule has 1 aliphatic rings. The number of hydrogen-bond acceptors (Lipinski definition) is 3. The van der Waals surface area contributed by atoms with E-state index in [1.165, 1.54) is 6.07 Å². The molecule has 0 radical (unpaired) electrons. The fourth-order valence-electron chi connectivity index (χ4n) is 2.53. The number of aromatic hydroxyl groups is 1. The second kappa shape index (κ2) is 6.70. The molecule has 1 aromatic rings. The summed E-state index contributed by atoms with van der Waals surface area (Å²) in [5, 5.41) is 12.3. The van der Waals surface area contributed by atoms with Crippen LogP contribution in [0.25, 0.3) is 0 Å². The van der Waals surface area contributed by atoms with E-state index in [4.69, 9.17) is 0 Å². The van der Waals surface area contributed by atoms with Crippen LogP contribution >= 0.6 is 0 Å². The lowest BCUT2D eigenvalue weighted by Gasteiger charge is -2.28. The van der Waals surface area contributed by atoms with Crippen LogP contribution in [-0.2, 0) is 0 Å². The van der Waals surface area contributed by atoms with Crippen LogP contribution in [0.15, 0.2) is 18.2 Å². The van der Waals surface area contributed by atoms with Crippen molar-refractivity contribution in [3.8, 4) is 5.75 Å². The van der Waals surface area contributed by atoms with Gasteiger partial charge in [-0.05, 0) is 63.5 Å². The Morgan fingerprint density at radius 3 is 2.85 bits per heavy atom. The summed E-state index contributed by atoms with van der Waals surface area (Å²) in [6.07, 6.45) is 3.23. The van der Waals surface area contributed by atoms with Crippen molar-refractivity contribution >= 4 is 5.91 Å². The summed E-state index contributed by atoms with van der Waals surface area (Å²) < 4.78 is 13.1. The first-order chi connectivity index (χ1) is 9.56. The number of halogens is 1. The predicted octanol–water partition coefficient (Wildman–Crippen LogP) is 1.99. The zero-order valence-electron chi connectivity index (χ0n) is 11.7. The van der Waals surface area contributed by atoms with Gasteiger partial charge in [-0.2, -0.15) is 0 Å². The molecule has 1 heterocycles. The minimum absolute atomic E-state index is 0.00613. The summed E-state index contributed by atoms with van der Waals surface area (Å²) in [6, 6.07) is 3.38. The van der Waals surface area contributed by atoms with Crippen LogP contribution < -0.4 is 5.32 Å². The molecular weight excluding hydrogens is 259 g/mol. The van der Waals surface area contributed by atoms with Gasteiger partial charge in [0.15, 0.2) is 0 Å². The Balaban J connectivity index is 1.79. The Bertz CT molecular complexity index is 471. The third kappa shape index (κ3) is 3.93. The van der Waals surface area contributed by atoms with Crippen molar-refractivity contribution in [2.45, 2.75) is 19.3 Å². The first-order valence-electron chi connectivity index (χ1n) is 7.01. The molecule has 1 amide bonds. The number of nitrogens with one attached hydrogen (secondary N) is 1. The van der Waals surface area contributed by atoms with Gasteiger partial charge in [0.25, 0.3) is 5.91 Å². The summed E-state index contributed by atoms with van der Waals surface area (Å²) in [6.45, 7) is 2.76. The number of nitrogens with zero attached hydrogens (tertiary/aromatic N) is 1. The van der Waals surface area contributed by atoms with E-state index in [1.54, 1.807) is 0 Å². The van der Waals surface area contributed by atoms with Crippen LogP contribution in [0.5, 0.6) is 5.75 Å². The van der Waals surface area contributed by atoms with Crippen molar-refractivity contribution in [1.82, 2.24) is 10.2 Å². The lowest BCUT2D eigenvalue weighted by atomic mass is 9.94. The Hall–Kier alpha value is -1.62. The van der Waals surface area contributed by atoms with Gasteiger partial charge < -0.3 is 15.3 Å². The molecular formula is C15H21FN2O2. The van der Waals surface area contributed by atoms with Crippen molar-refractivity contribution in [3.63, 3.8) is 0 Å². The average molecular weight is 280 g/mol. The first-order valence-corrected chi connectivity index (χ1v) is 7.01. The molecule has 1 fully saturated rings. The quantitative estimate of drug-likeness (QED) is 0.887. The summed E-state index contributed by atoms with van der Waals surface area (Å²) >= 11 is 0.